The van der Waals surface area contributed by atoms with E-state index in [1.54, 1.807) is 76.4 Å². The van der Waals surface area contributed by atoms with Gasteiger partial charge in [-0.05, 0) is 73.6 Å². The maximum Gasteiger partial charge on any atom is 0.329 e. The fraction of sp³-hybridized carbons (Fsp3) is 0.542. The fourth-order valence-corrected chi connectivity index (χ4v) is 8.15. The van der Waals surface area contributed by atoms with Gasteiger partial charge in [-0.15, -0.1) is 0 Å². The molecule has 0 aliphatic carbocycles. The zero-order valence-electron chi connectivity index (χ0n) is 40.7. The van der Waals surface area contributed by atoms with Crippen LogP contribution in [0.3, 0.4) is 0 Å². The number of amides is 7. The lowest BCUT2D eigenvalue weighted by Gasteiger charge is -2.36. The van der Waals surface area contributed by atoms with Gasteiger partial charge in [-0.3, -0.25) is 33.6 Å². The number of H-pyrrole nitrogens is 1. The third kappa shape index (κ3) is 13.0. The molecule has 0 bridgehead atoms. The van der Waals surface area contributed by atoms with Crippen LogP contribution in [0.4, 0.5) is 0 Å². The van der Waals surface area contributed by atoms with Crippen molar-refractivity contribution in [3.05, 3.63) is 59.8 Å². The maximum atomic E-state index is 14.8. The number of hydrogen-bond acceptors (Lipinski definition) is 12. The summed E-state index contributed by atoms with van der Waals surface area (Å²) in [7, 11) is 5.69. The number of methoxy groups -OCH3 is 2. The van der Waals surface area contributed by atoms with Gasteiger partial charge in [0.1, 0.15) is 59.9 Å². The number of ether oxygens (including phenoxy) is 3. The third-order valence-corrected chi connectivity index (χ3v) is 12.6. The van der Waals surface area contributed by atoms with Crippen molar-refractivity contribution in [2.75, 3.05) is 28.3 Å². The number of esters is 1. The Hall–Kier alpha value is -6.70. The molecule has 1 aliphatic rings. The number of carbonyl (C=O) groups excluding carboxylic acids is 8. The quantitative estimate of drug-likeness (QED) is 0.0835. The Kier molecular flexibility index (Phi) is 19.3. The Labute approximate surface area is 396 Å². The number of nitrogens with one attached hydrogen (secondary N) is 6. The number of rotatable bonds is 15. The highest BCUT2D eigenvalue weighted by Gasteiger charge is 2.42. The van der Waals surface area contributed by atoms with Crippen LogP contribution in [-0.2, 0) is 55.9 Å². The highest BCUT2D eigenvalue weighted by atomic mass is 16.5. The molecule has 1 aromatic heterocycles. The van der Waals surface area contributed by atoms with Crippen LogP contribution in [0.1, 0.15) is 72.4 Å². The van der Waals surface area contributed by atoms with Gasteiger partial charge in [0.25, 0.3) is 0 Å². The zero-order valence-corrected chi connectivity index (χ0v) is 40.7. The summed E-state index contributed by atoms with van der Waals surface area (Å²) in [4.78, 5) is 118. The lowest BCUT2D eigenvalue weighted by molar-refractivity contribution is -0.162. The lowest BCUT2D eigenvalue weighted by atomic mass is 9.95. The van der Waals surface area contributed by atoms with Gasteiger partial charge < -0.3 is 60.7 Å². The lowest BCUT2D eigenvalue weighted by Crippen LogP contribution is -2.62. The van der Waals surface area contributed by atoms with Crippen LogP contribution in [-0.4, -0.2) is 151 Å². The molecule has 2 aromatic carbocycles. The summed E-state index contributed by atoms with van der Waals surface area (Å²) in [5.74, 6) is -5.90. The molecule has 10 atom stereocenters. The van der Waals surface area contributed by atoms with E-state index < -0.39 is 108 Å². The molecule has 1 saturated heterocycles. The molecular weight excluding hydrogens is 881 g/mol. The number of aliphatic hydroxyl groups is 1. The molecule has 0 unspecified atom stereocenters. The van der Waals surface area contributed by atoms with Gasteiger partial charge in [0, 0.05) is 44.0 Å². The minimum Gasteiger partial charge on any atom is -0.497 e. The van der Waals surface area contributed by atoms with Gasteiger partial charge in [-0.25, -0.2) is 4.79 Å². The van der Waals surface area contributed by atoms with Gasteiger partial charge in [0.2, 0.25) is 41.9 Å². The number of benzene rings is 2. The molecule has 20 nitrogen and oxygen atoms in total. The first-order valence-electron chi connectivity index (χ1n) is 22.8. The molecule has 3 aromatic rings. The van der Waals surface area contributed by atoms with Gasteiger partial charge in [-0.1, -0.05) is 53.2 Å². The standard InChI is InChI=1S/C48H68N8O12/c1-12-26(5)41-45(62)54-40(37(58)13-2)47(64)55(8)36(21-30-23-49-34-19-18-32(67-11)22-33(30)34)48(65)68-28(7)39(53-43(60)38(25(3)4)50-24-57)44(61)52-35(20-29-14-16-31(66-10)17-15-29)42(59)51-27(6)46(63)56(41)9/h14-19,22-28,35-41,49,58H,12-13,20-21H2,1-11H3,(H,50,57)(H,51,59)(H,52,61)(H,53,60)(H,54,62)/t26-,27-,28-,35-,36+,37+,38+,39+,40+,41+/m1/s1. The molecule has 0 radical (unpaired) electrons. The summed E-state index contributed by atoms with van der Waals surface area (Å²) in [5, 5.41) is 25.1. The van der Waals surface area contributed by atoms with Crippen molar-refractivity contribution >= 4 is 58.7 Å². The van der Waals surface area contributed by atoms with Gasteiger partial charge in [0.05, 0.1) is 20.3 Å². The minimum atomic E-state index is -1.72. The predicted molar refractivity (Wildman–Crippen MR) is 251 cm³/mol. The molecule has 1 fully saturated rings. The van der Waals surface area contributed by atoms with Crippen molar-refractivity contribution in [3.63, 3.8) is 0 Å². The van der Waals surface area contributed by atoms with E-state index in [1.165, 1.54) is 47.1 Å². The Morgan fingerprint density at radius 2 is 1.49 bits per heavy atom. The van der Waals surface area contributed by atoms with E-state index >= 15 is 0 Å². The largest absolute Gasteiger partial charge is 0.497 e. The number of nitrogens with zero attached hydrogens (tertiary/aromatic N) is 2. The molecule has 4 rings (SSSR count). The summed E-state index contributed by atoms with van der Waals surface area (Å²) < 4.78 is 16.8. The number of likely N-dealkylation sites (N-methyl/N-ethyl adjacent to an activating group) is 2. The first-order valence-corrected chi connectivity index (χ1v) is 22.8. The number of fused-ring (bicyclic) bond motifs is 1. The molecule has 0 spiro atoms. The molecule has 7 amide bonds. The summed E-state index contributed by atoms with van der Waals surface area (Å²) in [5.41, 5.74) is 1.79. The van der Waals surface area contributed by atoms with Crippen molar-refractivity contribution in [3.8, 4) is 11.5 Å². The second kappa shape index (κ2) is 24.4. The van der Waals surface area contributed by atoms with Crippen molar-refractivity contribution in [2.24, 2.45) is 11.8 Å². The van der Waals surface area contributed by atoms with Gasteiger partial charge in [0.15, 0.2) is 0 Å². The average molecular weight is 949 g/mol. The van der Waals surface area contributed by atoms with Crippen LogP contribution in [0.5, 0.6) is 11.5 Å². The molecule has 2 heterocycles. The van der Waals surface area contributed by atoms with Crippen molar-refractivity contribution in [1.82, 2.24) is 41.4 Å². The number of aliphatic hydroxyl groups excluding tert-OH is 1. The highest BCUT2D eigenvalue weighted by Crippen LogP contribution is 2.27. The van der Waals surface area contributed by atoms with Crippen LogP contribution in [0.2, 0.25) is 0 Å². The van der Waals surface area contributed by atoms with Crippen LogP contribution >= 0.6 is 0 Å². The minimum absolute atomic E-state index is 0.00470. The van der Waals surface area contributed by atoms with Gasteiger partial charge >= 0.3 is 5.97 Å². The third-order valence-electron chi connectivity index (χ3n) is 12.6. The number of hydrogen-bond donors (Lipinski definition) is 7. The average Bonchev–Trinajstić information content (AvgIpc) is 3.73. The van der Waals surface area contributed by atoms with E-state index in [0.717, 1.165) is 4.90 Å². The number of aromatic nitrogens is 1. The molecule has 20 heteroatoms. The van der Waals surface area contributed by atoms with Crippen LogP contribution in [0.25, 0.3) is 10.9 Å². The number of carbonyl (C=O) groups is 8. The van der Waals surface area contributed by atoms with E-state index in [9.17, 15) is 43.5 Å². The first kappa shape index (κ1) is 53.9. The molecule has 1 aliphatic heterocycles. The monoisotopic (exact) mass is 948 g/mol. The normalized spacial score (nSPS) is 24.0. The molecule has 0 saturated carbocycles. The first-order chi connectivity index (χ1) is 32.2. The second-order valence-corrected chi connectivity index (χ2v) is 17.6. The smallest absolute Gasteiger partial charge is 0.329 e. The van der Waals surface area contributed by atoms with Gasteiger partial charge in [-0.2, -0.15) is 0 Å². The van der Waals surface area contributed by atoms with Crippen molar-refractivity contribution < 1.29 is 57.7 Å². The zero-order chi connectivity index (χ0) is 50.6. The van der Waals surface area contributed by atoms with Crippen molar-refractivity contribution in [1.29, 1.82) is 0 Å². The van der Waals surface area contributed by atoms with E-state index in [4.69, 9.17) is 14.2 Å². The summed E-state index contributed by atoms with van der Waals surface area (Å²) in [6.45, 7) is 11.2. The number of aromatic amines is 1. The summed E-state index contributed by atoms with van der Waals surface area (Å²) >= 11 is 0. The summed E-state index contributed by atoms with van der Waals surface area (Å²) in [6.07, 6.45) is -0.916. The SMILES string of the molecule is CC[C@@H](C)[C@H]1C(=O)N[C@@H]([C@@H](O)CC)C(=O)N(C)[C@@H](Cc2c[nH]c3ccc(OC)cc23)C(=O)O[C@H](C)[C@H](NC(=O)[C@@H](NC=O)C(C)C)C(=O)N[C@H](Cc2ccc(OC)cc2)C(=O)N[C@H](C)C(=O)N1C. The van der Waals surface area contributed by atoms with E-state index in [1.807, 2.05) is 6.92 Å². The molecule has 7 N–H and O–H groups in total. The van der Waals surface area contributed by atoms with Crippen LogP contribution in [0, 0.1) is 11.8 Å². The molecular formula is C48H68N8O12. The highest BCUT2D eigenvalue weighted by molar-refractivity contribution is 5.98. The maximum absolute atomic E-state index is 14.8. The van der Waals surface area contributed by atoms with Crippen LogP contribution < -0.4 is 36.1 Å². The summed E-state index contributed by atoms with van der Waals surface area (Å²) in [6, 6.07) is 2.06. The van der Waals surface area contributed by atoms with Crippen LogP contribution in [0.15, 0.2) is 48.7 Å². The van der Waals surface area contributed by atoms with E-state index in [2.05, 4.69) is 31.6 Å². The number of cyclic esters (lactones) is 1. The Balaban J connectivity index is 1.93. The Morgan fingerprint density at radius 1 is 0.838 bits per heavy atom. The Bertz CT molecular complexity index is 2270. The van der Waals surface area contributed by atoms with E-state index in [-0.39, 0.29) is 19.3 Å². The molecule has 372 valence electrons. The predicted octanol–water partition coefficient (Wildman–Crippen LogP) is 1.12. The topological polar surface area (TPSA) is 267 Å². The molecule has 68 heavy (non-hydrogen) atoms. The Morgan fingerprint density at radius 3 is 2.07 bits per heavy atom. The van der Waals surface area contributed by atoms with E-state index in [0.29, 0.717) is 46.4 Å². The van der Waals surface area contributed by atoms with Crippen molar-refractivity contribution in [2.45, 2.75) is 129 Å². The fourth-order valence-electron chi connectivity index (χ4n) is 8.15. The second-order valence-electron chi connectivity index (χ2n) is 17.6.